The lowest BCUT2D eigenvalue weighted by molar-refractivity contribution is -0.165. The van der Waals surface area contributed by atoms with Gasteiger partial charge in [-0.1, -0.05) is 6.07 Å². The van der Waals surface area contributed by atoms with E-state index in [4.69, 9.17) is 5.73 Å². The lowest BCUT2D eigenvalue weighted by atomic mass is 10.3. The fraction of sp³-hybridized carbons (Fsp3) is 0.300. The Labute approximate surface area is 100 Å². The van der Waals surface area contributed by atoms with Gasteiger partial charge in [0.15, 0.2) is 5.82 Å². The molecule has 0 radical (unpaired) electrons. The van der Waals surface area contributed by atoms with Crippen molar-refractivity contribution >= 4 is 5.82 Å². The van der Waals surface area contributed by atoms with Crippen LogP contribution in [0, 0.1) is 0 Å². The van der Waals surface area contributed by atoms with E-state index in [0.717, 1.165) is 17.9 Å². The first kappa shape index (κ1) is 12.3. The van der Waals surface area contributed by atoms with Crippen LogP contribution in [0.4, 0.5) is 19.0 Å². The number of rotatable bonds is 2. The summed E-state index contributed by atoms with van der Waals surface area (Å²) in [5, 5.41) is 3.76. The molecular formula is C10H10F3N5. The maximum Gasteiger partial charge on any atom is 0.410 e. The van der Waals surface area contributed by atoms with Gasteiger partial charge in [0.25, 0.3) is 0 Å². The first-order chi connectivity index (χ1) is 8.38. The van der Waals surface area contributed by atoms with Gasteiger partial charge in [0.1, 0.15) is 23.9 Å². The molecule has 2 rings (SSSR count). The Kier molecular flexibility index (Phi) is 2.93. The zero-order valence-corrected chi connectivity index (χ0v) is 9.39. The first-order valence-corrected chi connectivity index (χ1v) is 5.08. The molecule has 5 nitrogen and oxygen atoms in total. The molecule has 0 bridgehead atoms. The van der Waals surface area contributed by atoms with Crippen LogP contribution < -0.4 is 5.73 Å². The second-order valence-electron chi connectivity index (χ2n) is 3.71. The van der Waals surface area contributed by atoms with Crippen molar-refractivity contribution in [3.05, 3.63) is 24.5 Å². The Hall–Kier alpha value is -2.12. The second kappa shape index (κ2) is 4.28. The maximum absolute atomic E-state index is 12.5. The van der Waals surface area contributed by atoms with Crippen LogP contribution in [0.3, 0.4) is 0 Å². The third-order valence-electron chi connectivity index (χ3n) is 2.38. The van der Waals surface area contributed by atoms with Gasteiger partial charge in [-0.05, 0) is 19.1 Å². The average molecular weight is 257 g/mol. The summed E-state index contributed by atoms with van der Waals surface area (Å²) in [6.07, 6.45) is -3.34. The molecule has 2 aromatic heterocycles. The van der Waals surface area contributed by atoms with E-state index >= 15 is 0 Å². The Morgan fingerprint density at radius 3 is 2.67 bits per heavy atom. The molecule has 96 valence electrons. The number of hydrogen-bond donors (Lipinski definition) is 1. The molecule has 1 atom stereocenters. The van der Waals surface area contributed by atoms with Crippen molar-refractivity contribution in [2.75, 3.05) is 5.73 Å². The molecular weight excluding hydrogens is 247 g/mol. The molecule has 0 unspecified atom stereocenters. The highest BCUT2D eigenvalue weighted by Crippen LogP contribution is 2.29. The minimum absolute atomic E-state index is 0.110. The van der Waals surface area contributed by atoms with Gasteiger partial charge in [-0.3, -0.25) is 0 Å². The third-order valence-corrected chi connectivity index (χ3v) is 2.38. The topological polar surface area (TPSA) is 69.6 Å². The zero-order chi connectivity index (χ0) is 13.3. The van der Waals surface area contributed by atoms with Gasteiger partial charge >= 0.3 is 6.18 Å². The molecule has 2 heterocycles. The molecule has 0 aliphatic heterocycles. The van der Waals surface area contributed by atoms with Crippen molar-refractivity contribution in [2.45, 2.75) is 19.1 Å². The number of anilines is 1. The van der Waals surface area contributed by atoms with E-state index in [-0.39, 0.29) is 11.6 Å². The summed E-state index contributed by atoms with van der Waals surface area (Å²) in [6, 6.07) is 3.04. The Balaban J connectivity index is 2.31. The fourth-order valence-electron chi connectivity index (χ4n) is 1.30. The molecule has 2 aromatic rings. The van der Waals surface area contributed by atoms with Crippen LogP contribution in [-0.4, -0.2) is 25.9 Å². The highest BCUT2D eigenvalue weighted by Gasteiger charge is 2.38. The number of nitrogen functional groups attached to an aromatic ring is 1. The normalized spacial score (nSPS) is 13.6. The van der Waals surface area contributed by atoms with Crippen LogP contribution in [-0.2, 0) is 0 Å². The predicted octanol–water partition coefficient (Wildman–Crippen LogP) is 2.05. The SMILES string of the molecule is C[C@@H](n1cnc(-c2cccc(N)n2)n1)C(F)(F)F. The summed E-state index contributed by atoms with van der Waals surface area (Å²) in [6.45, 7) is 1.01. The van der Waals surface area contributed by atoms with Gasteiger partial charge in [-0.25, -0.2) is 14.6 Å². The number of halogens is 3. The van der Waals surface area contributed by atoms with E-state index in [0.29, 0.717) is 5.69 Å². The summed E-state index contributed by atoms with van der Waals surface area (Å²) < 4.78 is 38.2. The van der Waals surface area contributed by atoms with Crippen LogP contribution in [0.2, 0.25) is 0 Å². The van der Waals surface area contributed by atoms with Crippen LogP contribution in [0.1, 0.15) is 13.0 Å². The molecule has 0 aliphatic carbocycles. The van der Waals surface area contributed by atoms with Gasteiger partial charge in [-0.15, -0.1) is 5.10 Å². The van der Waals surface area contributed by atoms with Crippen molar-refractivity contribution < 1.29 is 13.2 Å². The van der Waals surface area contributed by atoms with Gasteiger partial charge in [-0.2, -0.15) is 13.2 Å². The Bertz CT molecular complexity index is 548. The monoisotopic (exact) mass is 257 g/mol. The number of hydrogen-bond acceptors (Lipinski definition) is 4. The number of alkyl halides is 3. The highest BCUT2D eigenvalue weighted by atomic mass is 19.4. The van der Waals surface area contributed by atoms with Crippen LogP contribution in [0.5, 0.6) is 0 Å². The second-order valence-corrected chi connectivity index (χ2v) is 3.71. The van der Waals surface area contributed by atoms with Gasteiger partial charge in [0, 0.05) is 0 Å². The van der Waals surface area contributed by atoms with E-state index in [1.54, 1.807) is 18.2 Å². The van der Waals surface area contributed by atoms with Gasteiger partial charge < -0.3 is 5.73 Å². The molecule has 0 spiro atoms. The minimum atomic E-state index is -4.37. The molecule has 0 amide bonds. The largest absolute Gasteiger partial charge is 0.410 e. The summed E-state index contributed by atoms with van der Waals surface area (Å²) >= 11 is 0. The smallest absolute Gasteiger partial charge is 0.384 e. The molecule has 0 saturated heterocycles. The number of nitrogens with zero attached hydrogens (tertiary/aromatic N) is 4. The van der Waals surface area contributed by atoms with Crippen molar-refractivity contribution in [1.82, 2.24) is 19.7 Å². The van der Waals surface area contributed by atoms with E-state index < -0.39 is 12.2 Å². The van der Waals surface area contributed by atoms with E-state index in [1.165, 1.54) is 0 Å². The summed E-state index contributed by atoms with van der Waals surface area (Å²) in [4.78, 5) is 7.73. The Morgan fingerprint density at radius 1 is 1.33 bits per heavy atom. The summed E-state index contributed by atoms with van der Waals surface area (Å²) in [7, 11) is 0. The van der Waals surface area contributed by atoms with E-state index in [1.807, 2.05) is 0 Å². The van der Waals surface area contributed by atoms with Crippen molar-refractivity contribution in [3.63, 3.8) is 0 Å². The molecule has 2 N–H and O–H groups in total. The maximum atomic E-state index is 12.5. The van der Waals surface area contributed by atoms with Crippen LogP contribution in [0.15, 0.2) is 24.5 Å². The Morgan fingerprint density at radius 2 is 2.06 bits per heavy atom. The number of pyridine rings is 1. The quantitative estimate of drug-likeness (QED) is 0.893. The number of nitrogens with two attached hydrogens (primary N) is 1. The molecule has 8 heteroatoms. The van der Waals surface area contributed by atoms with Crippen molar-refractivity contribution in [3.8, 4) is 11.5 Å². The third kappa shape index (κ3) is 2.41. The van der Waals surface area contributed by atoms with Crippen molar-refractivity contribution in [1.29, 1.82) is 0 Å². The molecule has 0 aromatic carbocycles. The summed E-state index contributed by atoms with van der Waals surface area (Å²) in [5.74, 6) is 0.367. The molecule has 0 fully saturated rings. The molecule has 0 saturated carbocycles. The average Bonchev–Trinajstić information content (AvgIpc) is 2.75. The van der Waals surface area contributed by atoms with Crippen LogP contribution in [0.25, 0.3) is 11.5 Å². The highest BCUT2D eigenvalue weighted by molar-refractivity contribution is 5.51. The zero-order valence-electron chi connectivity index (χ0n) is 9.39. The van der Waals surface area contributed by atoms with E-state index in [2.05, 4.69) is 15.1 Å². The predicted molar refractivity (Wildman–Crippen MR) is 58.4 cm³/mol. The lowest BCUT2D eigenvalue weighted by Gasteiger charge is -2.14. The van der Waals surface area contributed by atoms with Crippen molar-refractivity contribution in [2.24, 2.45) is 0 Å². The first-order valence-electron chi connectivity index (χ1n) is 5.08. The standard InChI is InChI=1S/C10H10F3N5/c1-6(10(11,12)13)18-5-15-9(17-18)7-3-2-4-8(14)16-7/h2-6H,1H3,(H2,14,16)/t6-/m1/s1. The van der Waals surface area contributed by atoms with Crippen LogP contribution >= 0.6 is 0 Å². The summed E-state index contributed by atoms with van der Waals surface area (Å²) in [5.41, 5.74) is 5.81. The van der Waals surface area contributed by atoms with Gasteiger partial charge in [0.2, 0.25) is 0 Å². The molecule has 18 heavy (non-hydrogen) atoms. The lowest BCUT2D eigenvalue weighted by Crippen LogP contribution is -2.24. The van der Waals surface area contributed by atoms with E-state index in [9.17, 15) is 13.2 Å². The van der Waals surface area contributed by atoms with Gasteiger partial charge in [0.05, 0.1) is 0 Å². The number of aromatic nitrogens is 4. The minimum Gasteiger partial charge on any atom is -0.384 e. The fourth-order valence-corrected chi connectivity index (χ4v) is 1.30. The molecule has 0 aliphatic rings.